The molecular formula is C17H15N5O3. The number of carbonyl (C=O) groups excluding carboxylic acids is 1. The first-order valence-electron chi connectivity index (χ1n) is 7.49. The van der Waals surface area contributed by atoms with Gasteiger partial charge < -0.3 is 10.6 Å². The first kappa shape index (κ1) is 16.2. The van der Waals surface area contributed by atoms with Gasteiger partial charge >= 0.3 is 6.03 Å². The molecule has 2 amide bonds. The van der Waals surface area contributed by atoms with Gasteiger partial charge in [0.1, 0.15) is 0 Å². The standard InChI is InChI=1S/C17H15N5O3/c23-17(18-9-12-2-1-3-16(8-12)22(24)25)21-15-6-4-13(5-7-15)14-10-19-20-11-14/h1-8,10-11H,9H2,(H,19,20)(H2,18,21,23). The van der Waals surface area contributed by atoms with E-state index < -0.39 is 4.92 Å². The van der Waals surface area contributed by atoms with Crippen molar-refractivity contribution in [3.05, 3.63) is 76.6 Å². The maximum absolute atomic E-state index is 11.9. The molecule has 2 aromatic carbocycles. The minimum Gasteiger partial charge on any atom is -0.334 e. The number of non-ortho nitro benzene ring substituents is 1. The Morgan fingerprint density at radius 1 is 1.16 bits per heavy atom. The summed E-state index contributed by atoms with van der Waals surface area (Å²) in [5, 5.41) is 22.8. The Balaban J connectivity index is 1.56. The van der Waals surface area contributed by atoms with Crippen LogP contribution in [0.25, 0.3) is 11.1 Å². The van der Waals surface area contributed by atoms with Crippen molar-refractivity contribution in [2.24, 2.45) is 0 Å². The van der Waals surface area contributed by atoms with Gasteiger partial charge in [-0.1, -0.05) is 24.3 Å². The lowest BCUT2D eigenvalue weighted by atomic mass is 10.1. The molecule has 0 aliphatic heterocycles. The highest BCUT2D eigenvalue weighted by Gasteiger charge is 2.07. The molecule has 3 aromatic rings. The van der Waals surface area contributed by atoms with Gasteiger partial charge in [0.25, 0.3) is 5.69 Å². The van der Waals surface area contributed by atoms with Gasteiger partial charge in [-0.3, -0.25) is 15.2 Å². The molecule has 8 nitrogen and oxygen atoms in total. The number of nitrogens with one attached hydrogen (secondary N) is 3. The molecule has 0 aliphatic rings. The third-order valence-corrected chi connectivity index (χ3v) is 3.55. The molecule has 1 heterocycles. The fourth-order valence-corrected chi connectivity index (χ4v) is 2.29. The zero-order valence-electron chi connectivity index (χ0n) is 13.1. The van der Waals surface area contributed by atoms with Crippen molar-refractivity contribution in [2.45, 2.75) is 6.54 Å². The summed E-state index contributed by atoms with van der Waals surface area (Å²) in [5.41, 5.74) is 3.23. The maximum Gasteiger partial charge on any atom is 0.319 e. The Kier molecular flexibility index (Phi) is 4.70. The predicted octanol–water partition coefficient (Wildman–Crippen LogP) is 3.31. The van der Waals surface area contributed by atoms with E-state index in [1.54, 1.807) is 36.7 Å². The molecule has 3 N–H and O–H groups in total. The van der Waals surface area contributed by atoms with Crippen LogP contribution in [0.4, 0.5) is 16.2 Å². The van der Waals surface area contributed by atoms with Gasteiger partial charge in [-0.25, -0.2) is 4.79 Å². The van der Waals surface area contributed by atoms with Gasteiger partial charge in [0, 0.05) is 36.1 Å². The van der Waals surface area contributed by atoms with Crippen LogP contribution in [0.5, 0.6) is 0 Å². The van der Waals surface area contributed by atoms with E-state index in [1.165, 1.54) is 12.1 Å². The summed E-state index contributed by atoms with van der Waals surface area (Å²) in [6.45, 7) is 0.195. The number of amides is 2. The molecule has 0 aliphatic carbocycles. The molecule has 0 spiro atoms. The Hall–Kier alpha value is -3.68. The van der Waals surface area contributed by atoms with E-state index in [1.807, 2.05) is 12.1 Å². The number of benzene rings is 2. The number of nitro groups is 1. The SMILES string of the molecule is O=C(NCc1cccc([N+](=O)[O-])c1)Nc1ccc(-c2cn[nH]c2)cc1. The molecule has 0 radical (unpaired) electrons. The van der Waals surface area contributed by atoms with Crippen LogP contribution >= 0.6 is 0 Å². The second-order valence-corrected chi connectivity index (χ2v) is 5.30. The lowest BCUT2D eigenvalue weighted by Gasteiger charge is -2.08. The van der Waals surface area contributed by atoms with E-state index in [4.69, 9.17) is 0 Å². The fourth-order valence-electron chi connectivity index (χ4n) is 2.29. The molecule has 0 fully saturated rings. The summed E-state index contributed by atoms with van der Waals surface area (Å²) in [7, 11) is 0. The van der Waals surface area contributed by atoms with Crippen LogP contribution in [0.15, 0.2) is 60.9 Å². The average Bonchev–Trinajstić information content (AvgIpc) is 3.15. The highest BCUT2D eigenvalue weighted by atomic mass is 16.6. The molecule has 126 valence electrons. The van der Waals surface area contributed by atoms with Gasteiger partial charge in [-0.15, -0.1) is 0 Å². The van der Waals surface area contributed by atoms with Crippen LogP contribution < -0.4 is 10.6 Å². The lowest BCUT2D eigenvalue weighted by molar-refractivity contribution is -0.384. The number of anilines is 1. The third kappa shape index (κ3) is 4.20. The highest BCUT2D eigenvalue weighted by Crippen LogP contribution is 2.20. The largest absolute Gasteiger partial charge is 0.334 e. The fraction of sp³-hybridized carbons (Fsp3) is 0.0588. The zero-order valence-corrected chi connectivity index (χ0v) is 13.1. The molecule has 0 unspecified atom stereocenters. The quantitative estimate of drug-likeness (QED) is 0.489. The van der Waals surface area contributed by atoms with Crippen LogP contribution in [0.2, 0.25) is 0 Å². The van der Waals surface area contributed by atoms with Gasteiger partial charge in [0.15, 0.2) is 0 Å². The van der Waals surface area contributed by atoms with Crippen LogP contribution in [-0.2, 0) is 6.54 Å². The van der Waals surface area contributed by atoms with E-state index in [0.717, 1.165) is 11.1 Å². The Bertz CT molecular complexity index is 876. The second-order valence-electron chi connectivity index (χ2n) is 5.30. The minimum absolute atomic E-state index is 0.00505. The number of rotatable bonds is 5. The summed E-state index contributed by atoms with van der Waals surface area (Å²) < 4.78 is 0. The van der Waals surface area contributed by atoms with Crippen molar-refractivity contribution >= 4 is 17.4 Å². The normalized spacial score (nSPS) is 10.2. The van der Waals surface area contributed by atoms with Crippen molar-refractivity contribution in [3.63, 3.8) is 0 Å². The number of nitro benzene ring substituents is 1. The molecular weight excluding hydrogens is 322 g/mol. The number of hydrogen-bond donors (Lipinski definition) is 3. The Morgan fingerprint density at radius 2 is 1.96 bits per heavy atom. The van der Waals surface area contributed by atoms with Gasteiger partial charge in [-0.2, -0.15) is 5.10 Å². The second kappa shape index (κ2) is 7.26. The van der Waals surface area contributed by atoms with Crippen molar-refractivity contribution in [2.75, 3.05) is 5.32 Å². The van der Waals surface area contributed by atoms with Gasteiger partial charge in [0.2, 0.25) is 0 Å². The first-order chi connectivity index (χ1) is 12.1. The van der Waals surface area contributed by atoms with Crippen molar-refractivity contribution in [1.82, 2.24) is 15.5 Å². The molecule has 8 heteroatoms. The molecule has 1 aromatic heterocycles. The smallest absolute Gasteiger partial charge is 0.319 e. The molecule has 0 saturated heterocycles. The molecule has 3 rings (SSSR count). The summed E-state index contributed by atoms with van der Waals surface area (Å²) in [5.74, 6) is 0. The summed E-state index contributed by atoms with van der Waals surface area (Å²) in [6.07, 6.45) is 3.50. The lowest BCUT2D eigenvalue weighted by Crippen LogP contribution is -2.28. The van der Waals surface area contributed by atoms with E-state index in [9.17, 15) is 14.9 Å². The maximum atomic E-state index is 11.9. The number of nitrogens with zero attached hydrogens (tertiary/aromatic N) is 2. The number of urea groups is 1. The molecule has 25 heavy (non-hydrogen) atoms. The number of hydrogen-bond acceptors (Lipinski definition) is 4. The van der Waals surface area contributed by atoms with Crippen LogP contribution in [-0.4, -0.2) is 21.2 Å². The number of aromatic nitrogens is 2. The average molecular weight is 337 g/mol. The summed E-state index contributed by atoms with van der Waals surface area (Å²) in [6, 6.07) is 13.1. The van der Waals surface area contributed by atoms with E-state index in [-0.39, 0.29) is 18.3 Å². The van der Waals surface area contributed by atoms with Crippen LogP contribution in [0.3, 0.4) is 0 Å². The monoisotopic (exact) mass is 337 g/mol. The first-order valence-corrected chi connectivity index (χ1v) is 7.49. The summed E-state index contributed by atoms with van der Waals surface area (Å²) >= 11 is 0. The Morgan fingerprint density at radius 3 is 2.64 bits per heavy atom. The minimum atomic E-state index is -0.467. The summed E-state index contributed by atoms with van der Waals surface area (Å²) in [4.78, 5) is 22.2. The van der Waals surface area contributed by atoms with Crippen LogP contribution in [0.1, 0.15) is 5.56 Å². The van der Waals surface area contributed by atoms with Gasteiger partial charge in [-0.05, 0) is 23.3 Å². The number of aromatic amines is 1. The molecule has 0 saturated carbocycles. The predicted molar refractivity (Wildman–Crippen MR) is 93.0 cm³/mol. The van der Waals surface area contributed by atoms with E-state index in [0.29, 0.717) is 11.3 Å². The van der Waals surface area contributed by atoms with Crippen molar-refractivity contribution in [3.8, 4) is 11.1 Å². The van der Waals surface area contributed by atoms with Gasteiger partial charge in [0.05, 0.1) is 11.1 Å². The molecule has 0 atom stereocenters. The zero-order chi connectivity index (χ0) is 17.6. The van der Waals surface area contributed by atoms with E-state index in [2.05, 4.69) is 20.8 Å². The van der Waals surface area contributed by atoms with E-state index >= 15 is 0 Å². The highest BCUT2D eigenvalue weighted by molar-refractivity contribution is 5.89. The third-order valence-electron chi connectivity index (χ3n) is 3.55. The topological polar surface area (TPSA) is 113 Å². The molecule has 0 bridgehead atoms. The van der Waals surface area contributed by atoms with Crippen molar-refractivity contribution in [1.29, 1.82) is 0 Å². The number of carbonyl (C=O) groups is 1. The Labute approximate surface area is 143 Å². The van der Waals surface area contributed by atoms with Crippen LogP contribution in [0, 0.1) is 10.1 Å². The number of H-pyrrole nitrogens is 1. The van der Waals surface area contributed by atoms with Crippen molar-refractivity contribution < 1.29 is 9.72 Å².